The van der Waals surface area contributed by atoms with Crippen LogP contribution in [0.2, 0.25) is 0 Å². The standard InChI is InChI=1S/C16H26N4O4S.HI/c1-23-10-8-18-16(17)19-11-13-4-6-15(7-5-13)25(21,22)20-12-14-3-2-9-24-14;/h4-7,14,20H,2-3,8-12H2,1H3,(H3,17,18,19);1H. The van der Waals surface area contributed by atoms with E-state index in [1.165, 1.54) is 0 Å². The SMILES string of the molecule is COCCNC(N)=NCc1ccc(S(=O)(=O)NCC2CCCO2)cc1.I. The van der Waals surface area contributed by atoms with Crippen LogP contribution in [0.4, 0.5) is 0 Å². The number of nitrogens with zero attached hydrogens (tertiary/aromatic N) is 1. The summed E-state index contributed by atoms with van der Waals surface area (Å²) in [6.45, 7) is 2.50. The predicted molar refractivity (Wildman–Crippen MR) is 111 cm³/mol. The van der Waals surface area contributed by atoms with E-state index in [1.54, 1.807) is 31.4 Å². The van der Waals surface area contributed by atoms with Crippen LogP contribution in [-0.2, 0) is 26.0 Å². The summed E-state index contributed by atoms with van der Waals surface area (Å²) >= 11 is 0. The quantitative estimate of drug-likeness (QED) is 0.201. The van der Waals surface area contributed by atoms with Gasteiger partial charge in [-0.15, -0.1) is 24.0 Å². The predicted octanol–water partition coefficient (Wildman–Crippen LogP) is 0.813. The van der Waals surface area contributed by atoms with Gasteiger partial charge in [-0.05, 0) is 30.5 Å². The fourth-order valence-electron chi connectivity index (χ4n) is 2.38. The molecule has 0 bridgehead atoms. The molecule has 1 aromatic carbocycles. The summed E-state index contributed by atoms with van der Waals surface area (Å²) in [6.07, 6.45) is 1.83. The van der Waals surface area contributed by atoms with Crippen LogP contribution in [0.5, 0.6) is 0 Å². The first kappa shape index (κ1) is 23.1. The van der Waals surface area contributed by atoms with E-state index in [0.717, 1.165) is 18.4 Å². The smallest absolute Gasteiger partial charge is 0.240 e. The Labute approximate surface area is 172 Å². The second kappa shape index (κ2) is 11.7. The molecule has 0 aromatic heterocycles. The van der Waals surface area contributed by atoms with Gasteiger partial charge in [-0.3, -0.25) is 0 Å². The van der Waals surface area contributed by atoms with Gasteiger partial charge in [0.05, 0.1) is 24.2 Å². The van der Waals surface area contributed by atoms with E-state index in [9.17, 15) is 8.42 Å². The molecule has 4 N–H and O–H groups in total. The van der Waals surface area contributed by atoms with Gasteiger partial charge in [-0.1, -0.05) is 12.1 Å². The number of benzene rings is 1. The zero-order chi connectivity index (χ0) is 18.1. The number of ether oxygens (including phenoxy) is 2. The number of halogens is 1. The van der Waals surface area contributed by atoms with Gasteiger partial charge >= 0.3 is 0 Å². The minimum atomic E-state index is -3.53. The third kappa shape index (κ3) is 7.74. The number of guanidine groups is 1. The molecule has 1 aliphatic heterocycles. The lowest BCUT2D eigenvalue weighted by atomic mass is 10.2. The van der Waals surface area contributed by atoms with Gasteiger partial charge in [0.2, 0.25) is 10.0 Å². The normalized spacial score (nSPS) is 17.7. The molecule has 26 heavy (non-hydrogen) atoms. The van der Waals surface area contributed by atoms with E-state index in [0.29, 0.717) is 38.8 Å². The summed E-state index contributed by atoms with van der Waals surface area (Å²) in [4.78, 5) is 4.42. The van der Waals surface area contributed by atoms with Gasteiger partial charge in [0.25, 0.3) is 0 Å². The summed E-state index contributed by atoms with van der Waals surface area (Å²) in [7, 11) is -1.92. The molecule has 148 valence electrons. The van der Waals surface area contributed by atoms with Crippen molar-refractivity contribution >= 4 is 40.0 Å². The highest BCUT2D eigenvalue weighted by Gasteiger charge is 2.20. The Morgan fingerprint density at radius 2 is 2.12 bits per heavy atom. The monoisotopic (exact) mass is 498 g/mol. The minimum Gasteiger partial charge on any atom is -0.383 e. The number of aliphatic imine (C=N–C) groups is 1. The molecular formula is C16H27IN4O4S. The molecule has 0 radical (unpaired) electrons. The summed E-state index contributed by atoms with van der Waals surface area (Å²) in [5.74, 6) is 0.326. The lowest BCUT2D eigenvalue weighted by molar-refractivity contribution is 0.114. The van der Waals surface area contributed by atoms with Crippen LogP contribution >= 0.6 is 24.0 Å². The average molecular weight is 498 g/mol. The Kier molecular flexibility index (Phi) is 10.4. The number of nitrogens with one attached hydrogen (secondary N) is 2. The number of nitrogens with two attached hydrogens (primary N) is 1. The Balaban J connectivity index is 0.00000338. The van der Waals surface area contributed by atoms with Crippen LogP contribution in [0.25, 0.3) is 0 Å². The fourth-order valence-corrected chi connectivity index (χ4v) is 3.45. The van der Waals surface area contributed by atoms with E-state index in [2.05, 4.69) is 15.0 Å². The molecule has 1 heterocycles. The van der Waals surface area contributed by atoms with Crippen LogP contribution in [0, 0.1) is 0 Å². The van der Waals surface area contributed by atoms with Gasteiger partial charge in [-0.25, -0.2) is 18.1 Å². The zero-order valence-corrected chi connectivity index (χ0v) is 18.0. The average Bonchev–Trinajstić information content (AvgIpc) is 3.12. The lowest BCUT2D eigenvalue weighted by Crippen LogP contribution is -2.34. The van der Waals surface area contributed by atoms with Crippen molar-refractivity contribution in [2.45, 2.75) is 30.4 Å². The number of sulfonamides is 1. The summed E-state index contributed by atoms with van der Waals surface area (Å²) in [5, 5.41) is 2.92. The molecule has 1 aromatic rings. The first-order valence-corrected chi connectivity index (χ1v) is 9.72. The highest BCUT2D eigenvalue weighted by Crippen LogP contribution is 2.14. The first-order valence-electron chi connectivity index (χ1n) is 8.24. The Morgan fingerprint density at radius 3 is 2.73 bits per heavy atom. The Bertz CT molecular complexity index is 661. The van der Waals surface area contributed by atoms with Gasteiger partial charge in [0, 0.05) is 26.8 Å². The largest absolute Gasteiger partial charge is 0.383 e. The summed E-state index contributed by atoms with van der Waals surface area (Å²) in [5.41, 5.74) is 6.60. The van der Waals surface area contributed by atoms with Crippen molar-refractivity contribution in [1.29, 1.82) is 0 Å². The molecule has 2 rings (SSSR count). The molecule has 1 aliphatic rings. The van der Waals surface area contributed by atoms with Crippen LogP contribution < -0.4 is 15.8 Å². The van der Waals surface area contributed by atoms with E-state index in [1.807, 2.05) is 0 Å². The van der Waals surface area contributed by atoms with E-state index < -0.39 is 10.0 Å². The lowest BCUT2D eigenvalue weighted by Gasteiger charge is -2.11. The van der Waals surface area contributed by atoms with Crippen LogP contribution in [0.3, 0.4) is 0 Å². The first-order chi connectivity index (χ1) is 12.0. The highest BCUT2D eigenvalue weighted by atomic mass is 127. The van der Waals surface area contributed by atoms with Crippen molar-refractivity contribution < 1.29 is 17.9 Å². The second-order valence-electron chi connectivity index (χ2n) is 5.75. The number of methoxy groups -OCH3 is 1. The molecule has 1 saturated heterocycles. The molecule has 8 nitrogen and oxygen atoms in total. The maximum absolute atomic E-state index is 12.3. The van der Waals surface area contributed by atoms with Gasteiger partial charge in [0.15, 0.2) is 5.96 Å². The van der Waals surface area contributed by atoms with Crippen molar-refractivity contribution in [3.8, 4) is 0 Å². The van der Waals surface area contributed by atoms with Crippen molar-refractivity contribution in [1.82, 2.24) is 10.0 Å². The number of rotatable bonds is 9. The third-order valence-corrected chi connectivity index (χ3v) is 5.24. The van der Waals surface area contributed by atoms with Crippen molar-refractivity contribution in [3.05, 3.63) is 29.8 Å². The van der Waals surface area contributed by atoms with E-state index in [-0.39, 0.29) is 35.0 Å². The number of hydrogen-bond acceptors (Lipinski definition) is 5. The molecule has 0 saturated carbocycles. The van der Waals surface area contributed by atoms with Crippen molar-refractivity contribution in [3.63, 3.8) is 0 Å². The summed E-state index contributed by atoms with van der Waals surface area (Å²) in [6, 6.07) is 6.59. The Morgan fingerprint density at radius 1 is 1.38 bits per heavy atom. The van der Waals surface area contributed by atoms with Crippen LogP contribution in [0.15, 0.2) is 34.2 Å². The van der Waals surface area contributed by atoms with E-state index in [4.69, 9.17) is 15.2 Å². The molecule has 1 fully saturated rings. The molecule has 0 aliphatic carbocycles. The number of hydrogen-bond donors (Lipinski definition) is 3. The van der Waals surface area contributed by atoms with E-state index >= 15 is 0 Å². The maximum Gasteiger partial charge on any atom is 0.240 e. The highest BCUT2D eigenvalue weighted by molar-refractivity contribution is 14.0. The second-order valence-corrected chi connectivity index (χ2v) is 7.52. The molecular weight excluding hydrogens is 471 g/mol. The zero-order valence-electron chi connectivity index (χ0n) is 14.8. The maximum atomic E-state index is 12.3. The fraction of sp³-hybridized carbons (Fsp3) is 0.562. The van der Waals surface area contributed by atoms with Gasteiger partial charge in [-0.2, -0.15) is 0 Å². The van der Waals surface area contributed by atoms with Crippen LogP contribution in [-0.4, -0.2) is 53.9 Å². The van der Waals surface area contributed by atoms with Crippen molar-refractivity contribution in [2.75, 3.05) is 33.4 Å². The van der Waals surface area contributed by atoms with Gasteiger partial charge < -0.3 is 20.5 Å². The molecule has 0 amide bonds. The molecule has 1 unspecified atom stereocenters. The molecule has 0 spiro atoms. The molecule has 1 atom stereocenters. The van der Waals surface area contributed by atoms with Gasteiger partial charge in [0.1, 0.15) is 0 Å². The summed E-state index contributed by atoms with van der Waals surface area (Å²) < 4.78 is 37.5. The van der Waals surface area contributed by atoms with Crippen LogP contribution in [0.1, 0.15) is 18.4 Å². The third-order valence-electron chi connectivity index (χ3n) is 3.80. The molecule has 10 heteroatoms. The minimum absolute atomic E-state index is 0. The van der Waals surface area contributed by atoms with Crippen molar-refractivity contribution in [2.24, 2.45) is 10.7 Å². The Hall–Kier alpha value is -0.950. The topological polar surface area (TPSA) is 115 Å².